The van der Waals surface area contributed by atoms with Gasteiger partial charge in [0.1, 0.15) is 0 Å². The summed E-state index contributed by atoms with van der Waals surface area (Å²) in [5.41, 5.74) is 0. The number of hydrogen-bond donors (Lipinski definition) is 1. The van der Waals surface area contributed by atoms with Crippen molar-refractivity contribution in [2.45, 2.75) is 43.8 Å². The van der Waals surface area contributed by atoms with Gasteiger partial charge in [0.15, 0.2) is 0 Å². The van der Waals surface area contributed by atoms with Gasteiger partial charge in [0.25, 0.3) is 0 Å². The van der Waals surface area contributed by atoms with Crippen LogP contribution in [-0.4, -0.2) is 24.1 Å². The van der Waals surface area contributed by atoms with Crippen molar-refractivity contribution in [3.05, 3.63) is 0 Å². The van der Waals surface area contributed by atoms with E-state index < -0.39 is 0 Å². The fraction of sp³-hybridized carbons (Fsp3) is 1.00. The molecule has 1 fully saturated rings. The Morgan fingerprint density at radius 3 is 1.78 bits per heavy atom. The molecular formula is C7H15LiS. The van der Waals surface area contributed by atoms with Crippen molar-refractivity contribution >= 4 is 31.5 Å². The molecule has 0 unspecified atom stereocenters. The van der Waals surface area contributed by atoms with Crippen LogP contribution >= 0.6 is 12.6 Å². The third-order valence-electron chi connectivity index (χ3n) is 1.82. The summed E-state index contributed by atoms with van der Waals surface area (Å²) in [4.78, 5) is 0. The first-order chi connectivity index (χ1) is 3.89. The molecule has 0 saturated heterocycles. The molecule has 0 aromatic heterocycles. The number of rotatable bonds is 0. The van der Waals surface area contributed by atoms with Crippen molar-refractivity contribution in [2.75, 3.05) is 0 Å². The van der Waals surface area contributed by atoms with E-state index >= 15 is 0 Å². The maximum absolute atomic E-state index is 4.43. The van der Waals surface area contributed by atoms with Gasteiger partial charge in [-0.1, -0.05) is 25.7 Å². The van der Waals surface area contributed by atoms with Crippen molar-refractivity contribution in [3.63, 3.8) is 0 Å². The summed E-state index contributed by atoms with van der Waals surface area (Å²) in [5, 5.41) is 0.720. The third-order valence-corrected chi connectivity index (χ3v) is 2.34. The molecule has 0 aromatic rings. The molecule has 0 aromatic carbocycles. The predicted octanol–water partition coefficient (Wildman–Crippen LogP) is 1.99. The Morgan fingerprint density at radius 1 is 0.889 bits per heavy atom. The monoisotopic (exact) mass is 138 g/mol. The van der Waals surface area contributed by atoms with Crippen LogP contribution in [0.1, 0.15) is 38.5 Å². The standard InChI is InChI=1S/C7H14S.Li.H/c8-7-5-3-1-2-4-6-7;;/h7-8H,1-6H2;;. The molecule has 0 heterocycles. The average molecular weight is 138 g/mol. The third kappa shape index (κ3) is 4.36. The molecular weight excluding hydrogens is 123 g/mol. The zero-order valence-electron chi connectivity index (χ0n) is 5.27. The molecule has 0 radical (unpaired) electrons. The Bertz CT molecular complexity index is 57.9. The Labute approximate surface area is 75.4 Å². The number of hydrogen-bond acceptors (Lipinski definition) is 1. The normalized spacial score (nSPS) is 22.3. The van der Waals surface area contributed by atoms with E-state index in [0.717, 1.165) is 5.25 Å². The van der Waals surface area contributed by atoms with Crippen molar-refractivity contribution in [1.29, 1.82) is 0 Å². The Kier molecular flexibility index (Phi) is 6.31. The minimum atomic E-state index is 0. The summed E-state index contributed by atoms with van der Waals surface area (Å²) in [5.74, 6) is 0. The molecule has 1 saturated carbocycles. The fourth-order valence-electron chi connectivity index (χ4n) is 1.26. The van der Waals surface area contributed by atoms with Crippen molar-refractivity contribution in [3.8, 4) is 0 Å². The molecule has 0 spiro atoms. The average Bonchev–Trinajstić information content (AvgIpc) is 1.94. The predicted molar refractivity (Wildman–Crippen MR) is 47.6 cm³/mol. The number of thiol groups is 1. The van der Waals surface area contributed by atoms with Crippen LogP contribution in [0.4, 0.5) is 0 Å². The van der Waals surface area contributed by atoms with Gasteiger partial charge in [0.05, 0.1) is 0 Å². The summed E-state index contributed by atoms with van der Waals surface area (Å²) in [7, 11) is 0. The van der Waals surface area contributed by atoms with Crippen molar-refractivity contribution in [2.24, 2.45) is 0 Å². The van der Waals surface area contributed by atoms with E-state index in [2.05, 4.69) is 12.6 Å². The molecule has 1 aliphatic rings. The van der Waals surface area contributed by atoms with Crippen LogP contribution in [0.5, 0.6) is 0 Å². The van der Waals surface area contributed by atoms with Gasteiger partial charge in [-0.15, -0.1) is 0 Å². The SMILES string of the molecule is SC1CCCCCC1.[LiH]. The van der Waals surface area contributed by atoms with Gasteiger partial charge in [-0.2, -0.15) is 12.6 Å². The summed E-state index contributed by atoms with van der Waals surface area (Å²) in [6.45, 7) is 0. The van der Waals surface area contributed by atoms with E-state index in [4.69, 9.17) is 0 Å². The second-order valence-electron chi connectivity index (χ2n) is 2.65. The van der Waals surface area contributed by atoms with Crippen LogP contribution in [0.2, 0.25) is 0 Å². The van der Waals surface area contributed by atoms with E-state index in [1.807, 2.05) is 0 Å². The van der Waals surface area contributed by atoms with Gasteiger partial charge in [0, 0.05) is 5.25 Å². The molecule has 0 amide bonds. The van der Waals surface area contributed by atoms with E-state index in [0.29, 0.717) is 0 Å². The molecule has 0 nitrogen and oxygen atoms in total. The van der Waals surface area contributed by atoms with Crippen molar-refractivity contribution in [1.82, 2.24) is 0 Å². The first-order valence-corrected chi connectivity index (χ1v) is 4.09. The first kappa shape index (κ1) is 9.95. The van der Waals surface area contributed by atoms with Gasteiger partial charge in [-0.25, -0.2) is 0 Å². The van der Waals surface area contributed by atoms with Crippen LogP contribution in [0.25, 0.3) is 0 Å². The Morgan fingerprint density at radius 2 is 1.33 bits per heavy atom. The maximum atomic E-state index is 4.43. The van der Waals surface area contributed by atoms with Gasteiger partial charge in [-0.05, 0) is 12.8 Å². The van der Waals surface area contributed by atoms with E-state index in [9.17, 15) is 0 Å². The summed E-state index contributed by atoms with van der Waals surface area (Å²) < 4.78 is 0. The van der Waals surface area contributed by atoms with Crippen LogP contribution in [-0.2, 0) is 0 Å². The molecule has 9 heavy (non-hydrogen) atoms. The van der Waals surface area contributed by atoms with Crippen LogP contribution in [0.3, 0.4) is 0 Å². The molecule has 0 aliphatic heterocycles. The summed E-state index contributed by atoms with van der Waals surface area (Å²) >= 11 is 4.43. The molecule has 1 aliphatic carbocycles. The molecule has 0 bridgehead atoms. The molecule has 50 valence electrons. The van der Waals surface area contributed by atoms with E-state index in [1.54, 1.807) is 0 Å². The minimum absolute atomic E-state index is 0. The van der Waals surface area contributed by atoms with E-state index in [-0.39, 0.29) is 18.9 Å². The fourth-order valence-corrected chi connectivity index (χ4v) is 1.62. The van der Waals surface area contributed by atoms with Crippen molar-refractivity contribution < 1.29 is 0 Å². The van der Waals surface area contributed by atoms with Gasteiger partial charge in [-0.3, -0.25) is 0 Å². The molecule has 1 rings (SSSR count). The quantitative estimate of drug-likeness (QED) is 0.295. The van der Waals surface area contributed by atoms with Gasteiger partial charge >= 0.3 is 18.9 Å². The van der Waals surface area contributed by atoms with Crippen LogP contribution < -0.4 is 0 Å². The van der Waals surface area contributed by atoms with E-state index in [1.165, 1.54) is 38.5 Å². The topological polar surface area (TPSA) is 0 Å². The zero-order valence-corrected chi connectivity index (χ0v) is 6.16. The molecule has 0 atom stereocenters. The second kappa shape index (κ2) is 5.71. The summed E-state index contributed by atoms with van der Waals surface area (Å²) in [6.07, 6.45) is 8.41. The summed E-state index contributed by atoms with van der Waals surface area (Å²) in [6, 6.07) is 0. The molecule has 2 heteroatoms. The molecule has 0 N–H and O–H groups in total. The zero-order chi connectivity index (χ0) is 5.82. The first-order valence-electron chi connectivity index (χ1n) is 3.57. The van der Waals surface area contributed by atoms with Gasteiger partial charge in [0.2, 0.25) is 0 Å². The Balaban J connectivity index is 0.000000640. The van der Waals surface area contributed by atoms with Gasteiger partial charge < -0.3 is 0 Å². The van der Waals surface area contributed by atoms with Crippen LogP contribution in [0, 0.1) is 0 Å². The second-order valence-corrected chi connectivity index (χ2v) is 3.38. The Hall–Kier alpha value is 0.947. The van der Waals surface area contributed by atoms with Crippen LogP contribution in [0.15, 0.2) is 0 Å².